The van der Waals surface area contributed by atoms with E-state index >= 15 is 0 Å². The fraction of sp³-hybridized carbons (Fsp3) is 0.417. The maximum absolute atomic E-state index is 4.40. The van der Waals surface area contributed by atoms with Gasteiger partial charge in [-0.25, -0.2) is 15.0 Å². The molecule has 0 aromatic carbocycles. The standard InChI is InChI=1S/C12H17N5/c1-4-7-17-9-15-10-11(16(5-2)6-3)13-8-14-12(10)17/h4,8-9H,1,5-7H2,2-3H3. The molecule has 2 aromatic rings. The summed E-state index contributed by atoms with van der Waals surface area (Å²) < 4.78 is 1.97. The van der Waals surface area contributed by atoms with E-state index in [1.807, 2.05) is 10.6 Å². The van der Waals surface area contributed by atoms with Crippen molar-refractivity contribution in [3.8, 4) is 0 Å². The van der Waals surface area contributed by atoms with Crippen molar-refractivity contribution in [3.63, 3.8) is 0 Å². The molecule has 0 bridgehead atoms. The van der Waals surface area contributed by atoms with Crippen molar-refractivity contribution in [2.24, 2.45) is 0 Å². The van der Waals surface area contributed by atoms with E-state index in [1.165, 1.54) is 0 Å². The molecule has 17 heavy (non-hydrogen) atoms. The minimum absolute atomic E-state index is 0.713. The summed E-state index contributed by atoms with van der Waals surface area (Å²) in [5.74, 6) is 0.905. The molecule has 0 aliphatic rings. The molecule has 0 amide bonds. The molecular weight excluding hydrogens is 214 g/mol. The van der Waals surface area contributed by atoms with Crippen LogP contribution in [0, 0.1) is 0 Å². The highest BCUT2D eigenvalue weighted by Crippen LogP contribution is 2.20. The van der Waals surface area contributed by atoms with Gasteiger partial charge >= 0.3 is 0 Å². The number of anilines is 1. The zero-order valence-corrected chi connectivity index (χ0v) is 10.3. The lowest BCUT2D eigenvalue weighted by atomic mass is 10.4. The first kappa shape index (κ1) is 11.6. The minimum atomic E-state index is 0.713. The first-order chi connectivity index (χ1) is 8.31. The van der Waals surface area contributed by atoms with E-state index in [0.717, 1.165) is 30.1 Å². The van der Waals surface area contributed by atoms with Crippen LogP contribution in [-0.2, 0) is 6.54 Å². The molecule has 0 fully saturated rings. The van der Waals surface area contributed by atoms with Gasteiger partial charge in [0, 0.05) is 19.6 Å². The third-order valence-electron chi connectivity index (χ3n) is 2.77. The van der Waals surface area contributed by atoms with Crippen molar-refractivity contribution in [1.82, 2.24) is 19.5 Å². The highest BCUT2D eigenvalue weighted by molar-refractivity contribution is 5.83. The molecule has 0 atom stereocenters. The van der Waals surface area contributed by atoms with Crippen LogP contribution >= 0.6 is 0 Å². The Balaban J connectivity index is 2.54. The molecule has 0 N–H and O–H groups in total. The number of fused-ring (bicyclic) bond motifs is 1. The Morgan fingerprint density at radius 1 is 1.29 bits per heavy atom. The second kappa shape index (κ2) is 4.95. The Morgan fingerprint density at radius 2 is 2.06 bits per heavy atom. The van der Waals surface area contributed by atoms with Crippen LogP contribution in [0.1, 0.15) is 13.8 Å². The summed E-state index contributed by atoms with van der Waals surface area (Å²) in [5.41, 5.74) is 1.72. The monoisotopic (exact) mass is 231 g/mol. The zero-order valence-electron chi connectivity index (χ0n) is 10.3. The summed E-state index contributed by atoms with van der Waals surface area (Å²) in [6.45, 7) is 10.5. The largest absolute Gasteiger partial charge is 0.355 e. The van der Waals surface area contributed by atoms with E-state index in [0.29, 0.717) is 6.54 Å². The van der Waals surface area contributed by atoms with Crippen LogP contribution in [0.15, 0.2) is 25.3 Å². The van der Waals surface area contributed by atoms with Gasteiger partial charge in [-0.05, 0) is 13.8 Å². The molecule has 0 saturated carbocycles. The van der Waals surface area contributed by atoms with E-state index in [9.17, 15) is 0 Å². The number of hydrogen-bond acceptors (Lipinski definition) is 4. The Labute approximate surface area is 101 Å². The van der Waals surface area contributed by atoms with Crippen LogP contribution in [0.3, 0.4) is 0 Å². The third-order valence-corrected chi connectivity index (χ3v) is 2.77. The van der Waals surface area contributed by atoms with E-state index in [2.05, 4.69) is 40.3 Å². The molecular formula is C12H17N5. The van der Waals surface area contributed by atoms with Crippen molar-refractivity contribution in [2.75, 3.05) is 18.0 Å². The van der Waals surface area contributed by atoms with Gasteiger partial charge in [-0.2, -0.15) is 0 Å². The lowest BCUT2D eigenvalue weighted by molar-refractivity contribution is 0.832. The van der Waals surface area contributed by atoms with E-state index in [-0.39, 0.29) is 0 Å². The topological polar surface area (TPSA) is 46.8 Å². The van der Waals surface area contributed by atoms with E-state index in [1.54, 1.807) is 12.7 Å². The van der Waals surface area contributed by atoms with E-state index < -0.39 is 0 Å². The molecule has 2 aromatic heterocycles. The maximum Gasteiger partial charge on any atom is 0.165 e. The minimum Gasteiger partial charge on any atom is -0.355 e. The van der Waals surface area contributed by atoms with Gasteiger partial charge in [-0.15, -0.1) is 6.58 Å². The lowest BCUT2D eigenvalue weighted by Crippen LogP contribution is -2.23. The van der Waals surface area contributed by atoms with Crippen molar-refractivity contribution >= 4 is 17.0 Å². The van der Waals surface area contributed by atoms with Gasteiger partial charge < -0.3 is 9.47 Å². The van der Waals surface area contributed by atoms with Crippen molar-refractivity contribution in [1.29, 1.82) is 0 Å². The van der Waals surface area contributed by atoms with Crippen molar-refractivity contribution < 1.29 is 0 Å². The molecule has 5 nitrogen and oxygen atoms in total. The van der Waals surface area contributed by atoms with Gasteiger partial charge in [0.1, 0.15) is 6.33 Å². The molecule has 0 aliphatic heterocycles. The Morgan fingerprint density at radius 3 is 2.71 bits per heavy atom. The van der Waals surface area contributed by atoms with Crippen LogP contribution in [0.25, 0.3) is 11.2 Å². The average Bonchev–Trinajstić information content (AvgIpc) is 2.76. The highest BCUT2D eigenvalue weighted by Gasteiger charge is 2.13. The Hall–Kier alpha value is -1.91. The van der Waals surface area contributed by atoms with Crippen molar-refractivity contribution in [2.45, 2.75) is 20.4 Å². The van der Waals surface area contributed by atoms with Crippen LogP contribution in [-0.4, -0.2) is 32.6 Å². The SMILES string of the molecule is C=CCn1cnc2c(N(CC)CC)ncnc21. The fourth-order valence-corrected chi connectivity index (χ4v) is 1.90. The van der Waals surface area contributed by atoms with Crippen LogP contribution in [0.4, 0.5) is 5.82 Å². The van der Waals surface area contributed by atoms with Crippen LogP contribution in [0.5, 0.6) is 0 Å². The van der Waals surface area contributed by atoms with Gasteiger partial charge in [-0.3, -0.25) is 0 Å². The van der Waals surface area contributed by atoms with Crippen molar-refractivity contribution in [3.05, 3.63) is 25.3 Å². The summed E-state index contributed by atoms with van der Waals surface area (Å²) in [6.07, 6.45) is 5.21. The normalized spacial score (nSPS) is 10.7. The molecule has 2 rings (SSSR count). The van der Waals surface area contributed by atoms with Crippen LogP contribution in [0.2, 0.25) is 0 Å². The van der Waals surface area contributed by atoms with E-state index in [4.69, 9.17) is 0 Å². The molecule has 0 aliphatic carbocycles. The summed E-state index contributed by atoms with van der Waals surface area (Å²) in [5, 5.41) is 0. The summed E-state index contributed by atoms with van der Waals surface area (Å²) in [7, 11) is 0. The van der Waals surface area contributed by atoms with Gasteiger partial charge in [0.05, 0.1) is 6.33 Å². The molecule has 90 valence electrons. The number of allylic oxidation sites excluding steroid dienone is 1. The third kappa shape index (κ3) is 2.00. The molecule has 0 unspecified atom stereocenters. The first-order valence-corrected chi connectivity index (χ1v) is 5.83. The molecule has 0 saturated heterocycles. The van der Waals surface area contributed by atoms with Gasteiger partial charge in [0.2, 0.25) is 0 Å². The average molecular weight is 231 g/mol. The number of rotatable bonds is 5. The summed E-state index contributed by atoms with van der Waals surface area (Å²) in [4.78, 5) is 15.2. The number of nitrogens with zero attached hydrogens (tertiary/aromatic N) is 5. The smallest absolute Gasteiger partial charge is 0.165 e. The maximum atomic E-state index is 4.40. The number of imidazole rings is 1. The predicted octanol–water partition coefficient (Wildman–Crippen LogP) is 1.86. The molecule has 2 heterocycles. The summed E-state index contributed by atoms with van der Waals surface area (Å²) in [6, 6.07) is 0. The lowest BCUT2D eigenvalue weighted by Gasteiger charge is -2.19. The Kier molecular flexibility index (Phi) is 3.37. The first-order valence-electron chi connectivity index (χ1n) is 5.83. The number of hydrogen-bond donors (Lipinski definition) is 0. The second-order valence-electron chi connectivity index (χ2n) is 3.73. The second-order valence-corrected chi connectivity index (χ2v) is 3.73. The van der Waals surface area contributed by atoms with Gasteiger partial charge in [0.25, 0.3) is 0 Å². The summed E-state index contributed by atoms with van der Waals surface area (Å²) >= 11 is 0. The molecule has 0 spiro atoms. The Bertz CT molecular complexity index is 513. The number of aromatic nitrogens is 4. The molecule has 0 radical (unpaired) electrons. The zero-order chi connectivity index (χ0) is 12.3. The quantitative estimate of drug-likeness (QED) is 0.737. The van der Waals surface area contributed by atoms with Gasteiger partial charge in [0.15, 0.2) is 17.0 Å². The molecule has 5 heteroatoms. The van der Waals surface area contributed by atoms with Gasteiger partial charge in [-0.1, -0.05) is 6.08 Å². The van der Waals surface area contributed by atoms with Crippen LogP contribution < -0.4 is 4.90 Å². The predicted molar refractivity (Wildman–Crippen MR) is 69.1 cm³/mol. The highest BCUT2D eigenvalue weighted by atomic mass is 15.2. The fourth-order valence-electron chi connectivity index (χ4n) is 1.90.